The molecule has 0 aromatic carbocycles. The van der Waals surface area contributed by atoms with Gasteiger partial charge in [0.1, 0.15) is 11.6 Å². The monoisotopic (exact) mass is 264 g/mol. The molecule has 0 rings (SSSR count). The highest BCUT2D eigenvalue weighted by Gasteiger charge is 2.31. The summed E-state index contributed by atoms with van der Waals surface area (Å²) in [7, 11) is 2.98. The molecule has 0 bridgehead atoms. The van der Waals surface area contributed by atoms with E-state index in [4.69, 9.17) is 11.5 Å². The van der Waals surface area contributed by atoms with E-state index in [0.29, 0.717) is 5.75 Å². The summed E-state index contributed by atoms with van der Waals surface area (Å²) in [6.07, 6.45) is 0. The Bertz CT molecular complexity index is 270. The van der Waals surface area contributed by atoms with Crippen molar-refractivity contribution in [1.29, 1.82) is 0 Å². The van der Waals surface area contributed by atoms with Crippen molar-refractivity contribution in [2.24, 2.45) is 11.5 Å². The fourth-order valence-electron chi connectivity index (χ4n) is 0.918. The van der Waals surface area contributed by atoms with Crippen LogP contribution in [0.1, 0.15) is 27.7 Å². The first-order valence-corrected chi connectivity index (χ1v) is 7.33. The van der Waals surface area contributed by atoms with Gasteiger partial charge in [-0.05, 0) is 27.7 Å². The molecule has 6 heteroatoms. The van der Waals surface area contributed by atoms with Crippen LogP contribution in [-0.4, -0.2) is 34.2 Å². The molecule has 0 saturated carbocycles. The molecule has 16 heavy (non-hydrogen) atoms. The Morgan fingerprint density at radius 1 is 1.19 bits per heavy atom. The van der Waals surface area contributed by atoms with Crippen molar-refractivity contribution in [1.82, 2.24) is 0 Å². The predicted octanol–water partition coefficient (Wildman–Crippen LogP) is 0.979. The molecule has 0 heterocycles. The molecule has 4 N–H and O–H groups in total. The summed E-state index contributed by atoms with van der Waals surface area (Å²) in [5, 5.41) is 0. The third kappa shape index (κ3) is 5.34. The van der Waals surface area contributed by atoms with Gasteiger partial charge in [-0.2, -0.15) is 0 Å². The van der Waals surface area contributed by atoms with Gasteiger partial charge in [0.05, 0.1) is 12.1 Å². The molecule has 0 radical (unpaired) electrons. The van der Waals surface area contributed by atoms with Gasteiger partial charge in [0.15, 0.2) is 0 Å². The molecule has 0 spiro atoms. The second-order valence-corrected chi connectivity index (χ2v) is 7.27. The largest absolute Gasteiger partial charge is 0.321 e. The van der Waals surface area contributed by atoms with Crippen molar-refractivity contribution in [3.05, 3.63) is 0 Å². The van der Waals surface area contributed by atoms with Gasteiger partial charge < -0.3 is 11.5 Å². The fraction of sp³-hybridized carbons (Fsp3) is 0.800. The van der Waals surface area contributed by atoms with Crippen LogP contribution in [0.15, 0.2) is 0 Å². The smallest absolute Gasteiger partial charge is 0.147 e. The highest BCUT2D eigenvalue weighted by molar-refractivity contribution is 8.77. The molecule has 0 saturated heterocycles. The van der Waals surface area contributed by atoms with E-state index in [1.165, 1.54) is 35.4 Å². The summed E-state index contributed by atoms with van der Waals surface area (Å²) in [6.45, 7) is 6.79. The van der Waals surface area contributed by atoms with Gasteiger partial charge in [0.25, 0.3) is 0 Å². The van der Waals surface area contributed by atoms with E-state index in [2.05, 4.69) is 0 Å². The zero-order valence-corrected chi connectivity index (χ0v) is 11.8. The Labute approximate surface area is 105 Å². The van der Waals surface area contributed by atoms with Crippen LogP contribution < -0.4 is 11.5 Å². The van der Waals surface area contributed by atoms with E-state index in [0.717, 1.165) is 0 Å². The van der Waals surface area contributed by atoms with Gasteiger partial charge in [-0.3, -0.25) is 9.59 Å². The summed E-state index contributed by atoms with van der Waals surface area (Å²) >= 11 is 0. The van der Waals surface area contributed by atoms with Crippen molar-refractivity contribution >= 4 is 33.2 Å². The molecule has 0 aromatic heterocycles. The van der Waals surface area contributed by atoms with Crippen molar-refractivity contribution < 1.29 is 9.59 Å². The fourth-order valence-corrected chi connectivity index (χ4v) is 3.81. The lowest BCUT2D eigenvalue weighted by Crippen LogP contribution is -2.45. The third-order valence-corrected chi connectivity index (χ3v) is 5.58. The maximum absolute atomic E-state index is 11.2. The van der Waals surface area contributed by atoms with Gasteiger partial charge in [0.2, 0.25) is 0 Å². The summed E-state index contributed by atoms with van der Waals surface area (Å²) in [4.78, 5) is 22.1. The van der Waals surface area contributed by atoms with E-state index < -0.39 is 12.1 Å². The van der Waals surface area contributed by atoms with Crippen LogP contribution in [0, 0.1) is 0 Å². The molecule has 2 unspecified atom stereocenters. The predicted molar refractivity (Wildman–Crippen MR) is 71.4 cm³/mol. The first-order chi connectivity index (χ1) is 7.18. The Balaban J connectivity index is 4.09. The number of rotatable bonds is 7. The van der Waals surface area contributed by atoms with E-state index in [1.54, 1.807) is 0 Å². The summed E-state index contributed by atoms with van der Waals surface area (Å²) in [5.74, 6) is 0.476. The van der Waals surface area contributed by atoms with Crippen molar-refractivity contribution in [3.8, 4) is 0 Å². The maximum Gasteiger partial charge on any atom is 0.147 e. The highest BCUT2D eigenvalue weighted by Crippen LogP contribution is 2.37. The van der Waals surface area contributed by atoms with Crippen molar-refractivity contribution in [2.75, 3.05) is 5.75 Å². The standard InChI is InChI=1S/C10H20N2O2S2/c1-6(13)8(11)5-15-16-10(3,4)9(12)7(2)14/h8-9H,5,11-12H2,1-4H3. The minimum Gasteiger partial charge on any atom is -0.321 e. The number of carbonyl (C=O) groups is 2. The molecular formula is C10H20N2O2S2. The lowest BCUT2D eigenvalue weighted by atomic mass is 10.0. The quantitative estimate of drug-likeness (QED) is 0.667. The molecule has 4 nitrogen and oxygen atoms in total. The topological polar surface area (TPSA) is 86.2 Å². The minimum absolute atomic E-state index is 0.0261. The Morgan fingerprint density at radius 3 is 2.06 bits per heavy atom. The first-order valence-electron chi connectivity index (χ1n) is 5.01. The van der Waals surface area contributed by atoms with Crippen LogP contribution >= 0.6 is 21.6 Å². The molecule has 0 aromatic rings. The first kappa shape index (κ1) is 16.0. The van der Waals surface area contributed by atoms with E-state index in [1.807, 2.05) is 13.8 Å². The maximum atomic E-state index is 11.2. The lowest BCUT2D eigenvalue weighted by molar-refractivity contribution is -0.119. The Morgan fingerprint density at radius 2 is 1.69 bits per heavy atom. The number of ketones is 2. The van der Waals surface area contributed by atoms with E-state index >= 15 is 0 Å². The molecule has 0 fully saturated rings. The third-order valence-electron chi connectivity index (χ3n) is 2.23. The van der Waals surface area contributed by atoms with Gasteiger partial charge in [-0.15, -0.1) is 0 Å². The number of Topliss-reactive ketones (excluding diaryl/α,β-unsaturated/α-hetero) is 2. The average Bonchev–Trinajstić information content (AvgIpc) is 2.15. The lowest BCUT2D eigenvalue weighted by Gasteiger charge is -2.28. The van der Waals surface area contributed by atoms with Crippen LogP contribution in [0.4, 0.5) is 0 Å². The number of carbonyl (C=O) groups excluding carboxylic acids is 2. The van der Waals surface area contributed by atoms with Gasteiger partial charge in [0, 0.05) is 10.5 Å². The van der Waals surface area contributed by atoms with Gasteiger partial charge in [-0.1, -0.05) is 21.6 Å². The zero-order valence-electron chi connectivity index (χ0n) is 10.1. The molecule has 2 atom stereocenters. The SMILES string of the molecule is CC(=O)C(N)CSSC(C)(C)C(N)C(C)=O. The number of hydrogen-bond donors (Lipinski definition) is 2. The minimum atomic E-state index is -0.501. The molecule has 0 aliphatic carbocycles. The average molecular weight is 264 g/mol. The van der Waals surface area contributed by atoms with E-state index in [9.17, 15) is 9.59 Å². The van der Waals surface area contributed by atoms with Crippen LogP contribution in [0.5, 0.6) is 0 Å². The van der Waals surface area contributed by atoms with Crippen molar-refractivity contribution in [3.63, 3.8) is 0 Å². The normalized spacial score (nSPS) is 15.6. The summed E-state index contributed by atoms with van der Waals surface area (Å²) in [5.41, 5.74) is 11.4. The van der Waals surface area contributed by atoms with Crippen molar-refractivity contribution in [2.45, 2.75) is 44.5 Å². The summed E-state index contributed by atoms with van der Waals surface area (Å²) in [6, 6.07) is -0.944. The molecular weight excluding hydrogens is 244 g/mol. The second-order valence-electron chi connectivity index (χ2n) is 4.28. The molecule has 0 aliphatic rings. The second kappa shape index (κ2) is 6.64. The van der Waals surface area contributed by atoms with Crippen LogP contribution in [0.25, 0.3) is 0 Å². The molecule has 0 amide bonds. The Hall–Kier alpha value is -0.0400. The van der Waals surface area contributed by atoms with Crippen LogP contribution in [0.3, 0.4) is 0 Å². The Kier molecular flexibility index (Phi) is 6.62. The zero-order chi connectivity index (χ0) is 12.9. The number of hydrogen-bond acceptors (Lipinski definition) is 6. The van der Waals surface area contributed by atoms with Gasteiger partial charge >= 0.3 is 0 Å². The van der Waals surface area contributed by atoms with E-state index in [-0.39, 0.29) is 16.3 Å². The summed E-state index contributed by atoms with van der Waals surface area (Å²) < 4.78 is -0.354. The van der Waals surface area contributed by atoms with Crippen LogP contribution in [0.2, 0.25) is 0 Å². The highest BCUT2D eigenvalue weighted by atomic mass is 33.1. The molecule has 94 valence electrons. The molecule has 0 aliphatic heterocycles. The number of nitrogens with two attached hydrogens (primary N) is 2. The van der Waals surface area contributed by atoms with Gasteiger partial charge in [-0.25, -0.2) is 0 Å². The van der Waals surface area contributed by atoms with Crippen LogP contribution in [-0.2, 0) is 9.59 Å².